The molecule has 0 saturated heterocycles. The van der Waals surface area contributed by atoms with Crippen LogP contribution in [0.1, 0.15) is 13.3 Å². The number of halogens is 1. The normalized spacial score (nSPS) is 12.2. The van der Waals surface area contributed by atoms with Crippen molar-refractivity contribution >= 4 is 35.0 Å². The zero-order valence-corrected chi connectivity index (χ0v) is 10.4. The Balaban J connectivity index is 2.82. The molecule has 0 aliphatic carbocycles. The minimum Gasteiger partial charge on any atom is -0.398 e. The lowest BCUT2D eigenvalue weighted by atomic mass is 10.3. The third kappa shape index (κ3) is 3.30. The highest BCUT2D eigenvalue weighted by atomic mass is 35.5. The monoisotopic (exact) mass is 259 g/mol. The smallest absolute Gasteiger partial charge is 0.247 e. The first-order chi connectivity index (χ1) is 7.58. The maximum absolute atomic E-state index is 11.4. The van der Waals surface area contributed by atoms with Crippen LogP contribution >= 0.6 is 23.4 Å². The number of nitrogens with one attached hydrogen (secondary N) is 1. The number of amides is 1. The summed E-state index contributed by atoms with van der Waals surface area (Å²) in [5.41, 5.74) is 8.51. The lowest BCUT2D eigenvalue weighted by molar-refractivity contribution is -0.120. The van der Waals surface area contributed by atoms with Gasteiger partial charge in [0.25, 0.3) is 0 Å². The van der Waals surface area contributed by atoms with Gasteiger partial charge in [0.1, 0.15) is 0 Å². The molecule has 1 unspecified atom stereocenters. The van der Waals surface area contributed by atoms with Gasteiger partial charge in [0.15, 0.2) is 0 Å². The van der Waals surface area contributed by atoms with Gasteiger partial charge >= 0.3 is 0 Å². The average molecular weight is 260 g/mol. The van der Waals surface area contributed by atoms with Gasteiger partial charge < -0.3 is 5.73 Å². The number of thioether (sulfide) groups is 1. The molecule has 0 heterocycles. The van der Waals surface area contributed by atoms with Crippen LogP contribution in [0, 0.1) is 0 Å². The van der Waals surface area contributed by atoms with E-state index in [-0.39, 0.29) is 11.2 Å². The van der Waals surface area contributed by atoms with Gasteiger partial charge in [-0.15, -0.1) is 11.8 Å². The summed E-state index contributed by atoms with van der Waals surface area (Å²) in [5.74, 6) is 4.89. The van der Waals surface area contributed by atoms with Gasteiger partial charge in [-0.25, -0.2) is 5.84 Å². The first-order valence-corrected chi connectivity index (χ1v) is 6.06. The topological polar surface area (TPSA) is 81.1 Å². The summed E-state index contributed by atoms with van der Waals surface area (Å²) in [5, 5.41) is 0.339. The van der Waals surface area contributed by atoms with Crippen molar-refractivity contribution in [3.63, 3.8) is 0 Å². The second-order valence-electron chi connectivity index (χ2n) is 3.21. The molecule has 0 saturated carbocycles. The number of benzene rings is 1. The summed E-state index contributed by atoms with van der Waals surface area (Å²) in [6.07, 6.45) is 0.676. The molecular weight excluding hydrogens is 246 g/mol. The standard InChI is InChI=1S/C10H14ClN3OS/c1-2-8(10(15)14-13)16-9-4-3-6(11)5-7(9)12/h3-5,8H,2,12-13H2,1H3,(H,14,15). The average Bonchev–Trinajstić information content (AvgIpc) is 2.27. The molecule has 4 nitrogen and oxygen atoms in total. The Bertz CT molecular complexity index is 386. The molecule has 0 aromatic heterocycles. The fourth-order valence-electron chi connectivity index (χ4n) is 1.20. The molecular formula is C10H14ClN3OS. The summed E-state index contributed by atoms with van der Waals surface area (Å²) in [6.45, 7) is 1.92. The van der Waals surface area contributed by atoms with Crippen LogP contribution in [0.3, 0.4) is 0 Å². The zero-order chi connectivity index (χ0) is 12.1. The molecule has 0 spiro atoms. The van der Waals surface area contributed by atoms with Crippen molar-refractivity contribution in [1.29, 1.82) is 0 Å². The molecule has 1 aromatic carbocycles. The first kappa shape index (κ1) is 13.2. The quantitative estimate of drug-likeness (QED) is 0.253. The second kappa shape index (κ2) is 5.98. The second-order valence-corrected chi connectivity index (χ2v) is 4.89. The van der Waals surface area contributed by atoms with E-state index in [4.69, 9.17) is 23.2 Å². The lowest BCUT2D eigenvalue weighted by Gasteiger charge is -2.13. The number of anilines is 1. The van der Waals surface area contributed by atoms with Gasteiger partial charge in [0, 0.05) is 15.6 Å². The van der Waals surface area contributed by atoms with Crippen molar-refractivity contribution in [2.75, 3.05) is 5.73 Å². The number of hydrazine groups is 1. The predicted molar refractivity (Wildman–Crippen MR) is 68.1 cm³/mol. The summed E-state index contributed by atoms with van der Waals surface area (Å²) >= 11 is 7.17. The molecule has 16 heavy (non-hydrogen) atoms. The summed E-state index contributed by atoms with van der Waals surface area (Å²) in [4.78, 5) is 12.2. The first-order valence-electron chi connectivity index (χ1n) is 4.80. The van der Waals surface area contributed by atoms with E-state index in [1.165, 1.54) is 11.8 Å². The SMILES string of the molecule is CCC(Sc1ccc(Cl)cc1N)C(=O)NN. The van der Waals surface area contributed by atoms with Gasteiger partial charge in [0.05, 0.1) is 5.25 Å². The number of hydrogen-bond acceptors (Lipinski definition) is 4. The van der Waals surface area contributed by atoms with E-state index in [2.05, 4.69) is 5.43 Å². The van der Waals surface area contributed by atoms with Gasteiger partial charge in [-0.2, -0.15) is 0 Å². The third-order valence-corrected chi connectivity index (χ3v) is 3.74. The van der Waals surface area contributed by atoms with Crippen molar-refractivity contribution in [2.24, 2.45) is 5.84 Å². The number of rotatable bonds is 4. The zero-order valence-electron chi connectivity index (χ0n) is 8.87. The van der Waals surface area contributed by atoms with Crippen molar-refractivity contribution in [3.05, 3.63) is 23.2 Å². The molecule has 0 fully saturated rings. The molecule has 1 rings (SSSR count). The van der Waals surface area contributed by atoms with E-state index in [0.717, 1.165) is 4.90 Å². The van der Waals surface area contributed by atoms with Gasteiger partial charge in [-0.1, -0.05) is 18.5 Å². The Morgan fingerprint density at radius 1 is 1.62 bits per heavy atom. The number of hydrogen-bond donors (Lipinski definition) is 3. The van der Waals surface area contributed by atoms with Gasteiger partial charge in [-0.05, 0) is 24.6 Å². The molecule has 1 amide bonds. The number of carbonyl (C=O) groups is 1. The molecule has 0 radical (unpaired) electrons. The number of nitrogens with two attached hydrogens (primary N) is 2. The van der Waals surface area contributed by atoms with E-state index in [1.54, 1.807) is 18.2 Å². The van der Waals surface area contributed by atoms with Gasteiger partial charge in [-0.3, -0.25) is 10.2 Å². The minimum atomic E-state index is -0.242. The van der Waals surface area contributed by atoms with Crippen LogP contribution < -0.4 is 17.0 Å². The molecule has 1 aromatic rings. The lowest BCUT2D eigenvalue weighted by Crippen LogP contribution is -2.37. The van der Waals surface area contributed by atoms with E-state index >= 15 is 0 Å². The van der Waals surface area contributed by atoms with Crippen LogP contribution in [0.4, 0.5) is 5.69 Å². The highest BCUT2D eigenvalue weighted by Gasteiger charge is 2.17. The maximum Gasteiger partial charge on any atom is 0.247 e. The van der Waals surface area contributed by atoms with E-state index in [0.29, 0.717) is 17.1 Å². The molecule has 6 heteroatoms. The van der Waals surface area contributed by atoms with Crippen LogP contribution in [-0.4, -0.2) is 11.2 Å². The van der Waals surface area contributed by atoms with Crippen LogP contribution in [0.2, 0.25) is 5.02 Å². The fraction of sp³-hybridized carbons (Fsp3) is 0.300. The Kier molecular flexibility index (Phi) is 4.92. The third-order valence-electron chi connectivity index (χ3n) is 2.05. The fourth-order valence-corrected chi connectivity index (χ4v) is 2.37. The summed E-state index contributed by atoms with van der Waals surface area (Å²) in [7, 11) is 0. The molecule has 0 aliphatic rings. The maximum atomic E-state index is 11.4. The minimum absolute atomic E-state index is 0.207. The van der Waals surface area contributed by atoms with Crippen LogP contribution in [-0.2, 0) is 4.79 Å². The van der Waals surface area contributed by atoms with E-state index < -0.39 is 0 Å². The summed E-state index contributed by atoms with van der Waals surface area (Å²) in [6, 6.07) is 5.21. The van der Waals surface area contributed by atoms with Crippen LogP contribution in [0.5, 0.6) is 0 Å². The van der Waals surface area contributed by atoms with Crippen molar-refractivity contribution in [2.45, 2.75) is 23.5 Å². The molecule has 88 valence electrons. The Morgan fingerprint density at radius 2 is 2.31 bits per heavy atom. The Morgan fingerprint density at radius 3 is 2.81 bits per heavy atom. The van der Waals surface area contributed by atoms with Gasteiger partial charge in [0.2, 0.25) is 5.91 Å². The summed E-state index contributed by atoms with van der Waals surface area (Å²) < 4.78 is 0. The number of carbonyl (C=O) groups excluding carboxylic acids is 1. The van der Waals surface area contributed by atoms with E-state index in [1.807, 2.05) is 6.92 Å². The molecule has 0 bridgehead atoms. The van der Waals surface area contributed by atoms with Crippen molar-refractivity contribution < 1.29 is 4.79 Å². The predicted octanol–water partition coefficient (Wildman–Crippen LogP) is 1.78. The molecule has 5 N–H and O–H groups in total. The Hall–Kier alpha value is -0.910. The number of nitrogen functional groups attached to an aromatic ring is 1. The largest absolute Gasteiger partial charge is 0.398 e. The van der Waals surface area contributed by atoms with Crippen LogP contribution in [0.25, 0.3) is 0 Å². The molecule has 0 aliphatic heterocycles. The highest BCUT2D eigenvalue weighted by Crippen LogP contribution is 2.31. The van der Waals surface area contributed by atoms with Crippen LogP contribution in [0.15, 0.2) is 23.1 Å². The Labute approximate surface area is 104 Å². The van der Waals surface area contributed by atoms with E-state index in [9.17, 15) is 4.79 Å². The van der Waals surface area contributed by atoms with Crippen molar-refractivity contribution in [1.82, 2.24) is 5.43 Å². The highest BCUT2D eigenvalue weighted by molar-refractivity contribution is 8.00. The van der Waals surface area contributed by atoms with Crippen molar-refractivity contribution in [3.8, 4) is 0 Å². The molecule has 1 atom stereocenters.